The standard InChI is InChI=1S/C23H29FN2O2S/c1-4-13-25-23(28)18(3)26(14-19-11-9-17(2)10-12-19)22(27)16-29-15-20-7-5-6-8-21(20)24/h5-12,18H,4,13-16H2,1-3H3,(H,25,28)/t18-/m0/s1. The number of carbonyl (C=O) groups is 2. The van der Waals surface area contributed by atoms with Crippen molar-refractivity contribution in [3.63, 3.8) is 0 Å². The summed E-state index contributed by atoms with van der Waals surface area (Å²) in [6.45, 7) is 6.68. The largest absolute Gasteiger partial charge is 0.354 e. The molecule has 1 N–H and O–H groups in total. The normalized spacial score (nSPS) is 11.7. The molecule has 0 aromatic heterocycles. The van der Waals surface area contributed by atoms with Crippen molar-refractivity contribution in [3.05, 3.63) is 71.0 Å². The first-order valence-electron chi connectivity index (χ1n) is 9.86. The number of nitrogens with one attached hydrogen (secondary N) is 1. The predicted octanol–water partition coefficient (Wildman–Crippen LogP) is 4.31. The minimum Gasteiger partial charge on any atom is -0.354 e. The first kappa shape index (κ1) is 22.9. The third-order valence-electron chi connectivity index (χ3n) is 4.63. The van der Waals surface area contributed by atoms with Crippen LogP contribution in [0, 0.1) is 12.7 Å². The van der Waals surface area contributed by atoms with Gasteiger partial charge in [0.05, 0.1) is 5.75 Å². The van der Waals surface area contributed by atoms with E-state index in [1.165, 1.54) is 17.8 Å². The number of thioether (sulfide) groups is 1. The average Bonchev–Trinajstić information content (AvgIpc) is 2.72. The fourth-order valence-electron chi connectivity index (χ4n) is 2.82. The Bertz CT molecular complexity index is 811. The molecule has 0 bridgehead atoms. The number of aryl methyl sites for hydroxylation is 1. The molecule has 156 valence electrons. The fraction of sp³-hybridized carbons (Fsp3) is 0.391. The number of amides is 2. The van der Waals surface area contributed by atoms with Crippen molar-refractivity contribution in [1.82, 2.24) is 10.2 Å². The van der Waals surface area contributed by atoms with Crippen LogP contribution in [0.25, 0.3) is 0 Å². The van der Waals surface area contributed by atoms with Gasteiger partial charge < -0.3 is 10.2 Å². The second kappa shape index (κ2) is 11.6. The van der Waals surface area contributed by atoms with Crippen molar-refractivity contribution in [2.45, 2.75) is 45.5 Å². The summed E-state index contributed by atoms with van der Waals surface area (Å²) in [5.41, 5.74) is 2.68. The molecule has 4 nitrogen and oxygen atoms in total. The smallest absolute Gasteiger partial charge is 0.242 e. The molecule has 0 aliphatic rings. The first-order valence-corrected chi connectivity index (χ1v) is 11.0. The number of carbonyl (C=O) groups excluding carboxylic acids is 2. The molecule has 0 saturated carbocycles. The Morgan fingerprint density at radius 1 is 1.14 bits per heavy atom. The average molecular weight is 417 g/mol. The van der Waals surface area contributed by atoms with Gasteiger partial charge in [0, 0.05) is 18.8 Å². The zero-order chi connectivity index (χ0) is 21.2. The van der Waals surface area contributed by atoms with E-state index in [1.54, 1.807) is 30.0 Å². The maximum absolute atomic E-state index is 13.8. The van der Waals surface area contributed by atoms with E-state index in [4.69, 9.17) is 0 Å². The summed E-state index contributed by atoms with van der Waals surface area (Å²) in [7, 11) is 0. The van der Waals surface area contributed by atoms with Crippen molar-refractivity contribution in [2.75, 3.05) is 12.3 Å². The molecule has 0 spiro atoms. The highest BCUT2D eigenvalue weighted by Gasteiger charge is 2.25. The van der Waals surface area contributed by atoms with Gasteiger partial charge in [0.15, 0.2) is 0 Å². The molecule has 0 radical (unpaired) electrons. The summed E-state index contributed by atoms with van der Waals surface area (Å²) < 4.78 is 13.8. The Labute approximate surface area is 176 Å². The highest BCUT2D eigenvalue weighted by atomic mass is 32.2. The van der Waals surface area contributed by atoms with E-state index in [9.17, 15) is 14.0 Å². The lowest BCUT2D eigenvalue weighted by Crippen LogP contribution is -2.48. The molecule has 0 fully saturated rings. The van der Waals surface area contributed by atoms with Crippen LogP contribution in [0.4, 0.5) is 4.39 Å². The molecule has 2 aromatic rings. The van der Waals surface area contributed by atoms with Crippen LogP contribution in [-0.4, -0.2) is 35.1 Å². The molecule has 0 unspecified atom stereocenters. The molecule has 0 aliphatic carbocycles. The number of rotatable bonds is 10. The van der Waals surface area contributed by atoms with Gasteiger partial charge in [-0.1, -0.05) is 55.0 Å². The molecule has 2 aromatic carbocycles. The van der Waals surface area contributed by atoms with Crippen LogP contribution >= 0.6 is 11.8 Å². The van der Waals surface area contributed by atoms with Crippen molar-refractivity contribution in [3.8, 4) is 0 Å². The molecule has 6 heteroatoms. The van der Waals surface area contributed by atoms with E-state index in [0.29, 0.717) is 24.4 Å². The zero-order valence-electron chi connectivity index (χ0n) is 17.3. The highest BCUT2D eigenvalue weighted by Crippen LogP contribution is 2.18. The molecule has 2 amide bonds. The summed E-state index contributed by atoms with van der Waals surface area (Å²) in [5, 5.41) is 2.86. The second-order valence-corrected chi connectivity index (χ2v) is 8.04. The van der Waals surface area contributed by atoms with Gasteiger partial charge in [0.1, 0.15) is 11.9 Å². The Balaban J connectivity index is 2.05. The van der Waals surface area contributed by atoms with Crippen LogP contribution in [0.5, 0.6) is 0 Å². The second-order valence-electron chi connectivity index (χ2n) is 7.06. The molecule has 0 heterocycles. The van der Waals surface area contributed by atoms with Crippen LogP contribution in [0.1, 0.15) is 37.0 Å². The Hall–Kier alpha value is -2.34. The summed E-state index contributed by atoms with van der Waals surface area (Å²) in [6.07, 6.45) is 0.836. The van der Waals surface area contributed by atoms with E-state index in [-0.39, 0.29) is 23.4 Å². The SMILES string of the molecule is CCCNC(=O)[C@H](C)N(Cc1ccc(C)cc1)C(=O)CSCc1ccccc1F. The minimum absolute atomic E-state index is 0.133. The molecule has 1 atom stereocenters. The van der Waals surface area contributed by atoms with Crippen LogP contribution in [-0.2, 0) is 21.9 Å². The molecule has 2 rings (SSSR count). The van der Waals surface area contributed by atoms with Gasteiger partial charge in [0.25, 0.3) is 0 Å². The van der Waals surface area contributed by atoms with Crippen LogP contribution in [0.15, 0.2) is 48.5 Å². The monoisotopic (exact) mass is 416 g/mol. The number of hydrogen-bond donors (Lipinski definition) is 1. The van der Waals surface area contributed by atoms with Crippen molar-refractivity contribution in [2.24, 2.45) is 0 Å². The van der Waals surface area contributed by atoms with Crippen molar-refractivity contribution < 1.29 is 14.0 Å². The number of nitrogens with zero attached hydrogens (tertiary/aromatic N) is 1. The molecule has 0 aliphatic heterocycles. The van der Waals surface area contributed by atoms with Crippen molar-refractivity contribution >= 4 is 23.6 Å². The molecule has 29 heavy (non-hydrogen) atoms. The Kier molecular flexibility index (Phi) is 9.19. The third-order valence-corrected chi connectivity index (χ3v) is 5.60. The summed E-state index contributed by atoms with van der Waals surface area (Å²) in [5.74, 6) is 0.0347. The van der Waals surface area contributed by atoms with Gasteiger partial charge >= 0.3 is 0 Å². The van der Waals surface area contributed by atoms with Crippen LogP contribution < -0.4 is 5.32 Å². The predicted molar refractivity (Wildman–Crippen MR) is 117 cm³/mol. The topological polar surface area (TPSA) is 49.4 Å². The lowest BCUT2D eigenvalue weighted by atomic mass is 10.1. The van der Waals surface area contributed by atoms with E-state index >= 15 is 0 Å². The third kappa shape index (κ3) is 7.20. The first-order chi connectivity index (χ1) is 13.9. The quantitative estimate of drug-likeness (QED) is 0.628. The summed E-state index contributed by atoms with van der Waals surface area (Å²) in [6, 6.07) is 13.9. The minimum atomic E-state index is -0.579. The van der Waals surface area contributed by atoms with Crippen LogP contribution in [0.2, 0.25) is 0 Å². The number of halogens is 1. The van der Waals surface area contributed by atoms with E-state index in [2.05, 4.69) is 5.32 Å². The van der Waals surface area contributed by atoms with E-state index in [0.717, 1.165) is 17.5 Å². The Morgan fingerprint density at radius 2 is 1.83 bits per heavy atom. The fourth-order valence-corrected chi connectivity index (χ4v) is 3.71. The lowest BCUT2D eigenvalue weighted by Gasteiger charge is -2.28. The van der Waals surface area contributed by atoms with Crippen molar-refractivity contribution in [1.29, 1.82) is 0 Å². The van der Waals surface area contributed by atoms with E-state index < -0.39 is 6.04 Å². The molecule has 0 saturated heterocycles. The zero-order valence-corrected chi connectivity index (χ0v) is 18.1. The Morgan fingerprint density at radius 3 is 2.48 bits per heavy atom. The lowest BCUT2D eigenvalue weighted by molar-refractivity contribution is -0.138. The van der Waals surface area contributed by atoms with Crippen LogP contribution in [0.3, 0.4) is 0 Å². The number of benzene rings is 2. The van der Waals surface area contributed by atoms with Gasteiger partial charge in [-0.25, -0.2) is 4.39 Å². The van der Waals surface area contributed by atoms with Gasteiger partial charge in [-0.3, -0.25) is 9.59 Å². The highest BCUT2D eigenvalue weighted by molar-refractivity contribution is 7.99. The molecular weight excluding hydrogens is 387 g/mol. The maximum Gasteiger partial charge on any atom is 0.242 e. The van der Waals surface area contributed by atoms with E-state index in [1.807, 2.05) is 38.1 Å². The van der Waals surface area contributed by atoms with Gasteiger partial charge in [-0.05, 0) is 37.5 Å². The number of hydrogen-bond acceptors (Lipinski definition) is 3. The maximum atomic E-state index is 13.8. The van der Waals surface area contributed by atoms with Gasteiger partial charge in [0.2, 0.25) is 11.8 Å². The van der Waals surface area contributed by atoms with Gasteiger partial charge in [-0.2, -0.15) is 0 Å². The molecular formula is C23H29FN2O2S. The summed E-state index contributed by atoms with van der Waals surface area (Å²) >= 11 is 1.35. The van der Waals surface area contributed by atoms with Gasteiger partial charge in [-0.15, -0.1) is 11.8 Å². The summed E-state index contributed by atoms with van der Waals surface area (Å²) in [4.78, 5) is 27.0.